The van der Waals surface area contributed by atoms with E-state index in [1.165, 1.54) is 0 Å². The maximum atomic E-state index is 12.1. The summed E-state index contributed by atoms with van der Waals surface area (Å²) in [6.07, 6.45) is 0.552. The predicted molar refractivity (Wildman–Crippen MR) is 90.5 cm³/mol. The predicted octanol–water partition coefficient (Wildman–Crippen LogP) is 2.35. The van der Waals surface area contributed by atoms with E-state index in [4.69, 9.17) is 4.74 Å². The fourth-order valence-corrected chi connectivity index (χ4v) is 2.32. The van der Waals surface area contributed by atoms with Crippen molar-refractivity contribution in [3.63, 3.8) is 0 Å². The van der Waals surface area contributed by atoms with Gasteiger partial charge in [0.25, 0.3) is 0 Å². The Morgan fingerprint density at radius 1 is 1.17 bits per heavy atom. The first-order valence-corrected chi connectivity index (χ1v) is 7.56. The molecule has 0 heterocycles. The lowest BCUT2D eigenvalue weighted by atomic mass is 10.0. The standard InChI is InChI=1S/C18H22N2O3/c1-23-16-9-5-8-15(12-16)20-18(22)13-19-17(10-11-21)14-6-3-2-4-7-14/h2-9,12,17,19,21H,10-11,13H2,1H3,(H,20,22). The Morgan fingerprint density at radius 2 is 1.96 bits per heavy atom. The van der Waals surface area contributed by atoms with Crippen molar-refractivity contribution < 1.29 is 14.6 Å². The zero-order valence-electron chi connectivity index (χ0n) is 13.2. The fraction of sp³-hybridized carbons (Fsp3) is 0.278. The van der Waals surface area contributed by atoms with Crippen LogP contribution in [0.1, 0.15) is 18.0 Å². The average Bonchev–Trinajstić information content (AvgIpc) is 2.59. The molecule has 23 heavy (non-hydrogen) atoms. The van der Waals surface area contributed by atoms with Gasteiger partial charge in [0.1, 0.15) is 5.75 Å². The van der Waals surface area contributed by atoms with E-state index in [0.717, 1.165) is 5.56 Å². The average molecular weight is 314 g/mol. The smallest absolute Gasteiger partial charge is 0.238 e. The Balaban J connectivity index is 1.91. The minimum Gasteiger partial charge on any atom is -0.497 e. The first kappa shape index (κ1) is 17.0. The minimum absolute atomic E-state index is 0.0581. The number of aliphatic hydroxyl groups is 1. The second kappa shape index (κ2) is 8.92. The van der Waals surface area contributed by atoms with Crippen LogP contribution in [0.15, 0.2) is 54.6 Å². The van der Waals surface area contributed by atoms with Gasteiger partial charge in [-0.15, -0.1) is 0 Å². The van der Waals surface area contributed by atoms with Gasteiger partial charge in [-0.05, 0) is 24.1 Å². The second-order valence-corrected chi connectivity index (χ2v) is 5.14. The zero-order valence-corrected chi connectivity index (χ0v) is 13.2. The van der Waals surface area contributed by atoms with Crippen molar-refractivity contribution >= 4 is 11.6 Å². The molecular weight excluding hydrogens is 292 g/mol. The highest BCUT2D eigenvalue weighted by atomic mass is 16.5. The summed E-state index contributed by atoms with van der Waals surface area (Å²) in [6, 6.07) is 16.9. The summed E-state index contributed by atoms with van der Waals surface area (Å²) in [6.45, 7) is 0.223. The van der Waals surface area contributed by atoms with Crippen LogP contribution >= 0.6 is 0 Å². The van der Waals surface area contributed by atoms with E-state index < -0.39 is 0 Å². The number of nitrogens with one attached hydrogen (secondary N) is 2. The lowest BCUT2D eigenvalue weighted by Crippen LogP contribution is -2.31. The molecule has 0 fully saturated rings. The van der Waals surface area contributed by atoms with Crippen LogP contribution in [-0.2, 0) is 4.79 Å². The van der Waals surface area contributed by atoms with E-state index >= 15 is 0 Å². The molecule has 0 spiro atoms. The van der Waals surface area contributed by atoms with Crippen LogP contribution in [0.5, 0.6) is 5.75 Å². The molecule has 0 saturated carbocycles. The van der Waals surface area contributed by atoms with Crippen LogP contribution in [0.4, 0.5) is 5.69 Å². The Bertz CT molecular complexity index is 617. The third-order valence-corrected chi connectivity index (χ3v) is 3.48. The Kier molecular flexibility index (Phi) is 6.59. The Labute approximate surface area is 136 Å². The van der Waals surface area contributed by atoms with Crippen LogP contribution in [-0.4, -0.2) is 31.3 Å². The Morgan fingerprint density at radius 3 is 2.65 bits per heavy atom. The molecule has 1 atom stereocenters. The summed E-state index contributed by atoms with van der Waals surface area (Å²) >= 11 is 0. The number of hydrogen-bond donors (Lipinski definition) is 3. The fourth-order valence-electron chi connectivity index (χ4n) is 2.32. The summed E-state index contributed by atoms with van der Waals surface area (Å²) in [4.78, 5) is 12.1. The van der Waals surface area contributed by atoms with Crippen LogP contribution < -0.4 is 15.4 Å². The molecule has 0 saturated heterocycles. The topological polar surface area (TPSA) is 70.6 Å². The van der Waals surface area contributed by atoms with Gasteiger partial charge in [0.15, 0.2) is 0 Å². The largest absolute Gasteiger partial charge is 0.497 e. The van der Waals surface area contributed by atoms with Gasteiger partial charge in [0, 0.05) is 24.4 Å². The third-order valence-electron chi connectivity index (χ3n) is 3.48. The number of hydrogen-bond acceptors (Lipinski definition) is 4. The van der Waals surface area contributed by atoms with Crippen molar-refractivity contribution in [2.75, 3.05) is 25.6 Å². The molecule has 0 aliphatic heterocycles. The van der Waals surface area contributed by atoms with Crippen LogP contribution in [0.2, 0.25) is 0 Å². The number of rotatable bonds is 8. The normalized spacial score (nSPS) is 11.7. The van der Waals surface area contributed by atoms with E-state index in [0.29, 0.717) is 17.9 Å². The van der Waals surface area contributed by atoms with Crippen molar-refractivity contribution in [3.8, 4) is 5.75 Å². The maximum Gasteiger partial charge on any atom is 0.238 e. The van der Waals surface area contributed by atoms with E-state index in [9.17, 15) is 9.90 Å². The summed E-state index contributed by atoms with van der Waals surface area (Å²) < 4.78 is 5.13. The number of methoxy groups -OCH3 is 1. The van der Waals surface area contributed by atoms with Crippen molar-refractivity contribution in [3.05, 3.63) is 60.2 Å². The van der Waals surface area contributed by atoms with Gasteiger partial charge in [0.2, 0.25) is 5.91 Å². The molecule has 0 aromatic heterocycles. The number of benzene rings is 2. The molecule has 0 aliphatic rings. The monoisotopic (exact) mass is 314 g/mol. The Hall–Kier alpha value is -2.37. The highest BCUT2D eigenvalue weighted by Gasteiger charge is 2.12. The van der Waals surface area contributed by atoms with Gasteiger partial charge in [-0.1, -0.05) is 36.4 Å². The molecule has 1 unspecified atom stereocenters. The molecule has 0 radical (unpaired) electrons. The quantitative estimate of drug-likeness (QED) is 0.699. The molecule has 2 rings (SSSR count). The second-order valence-electron chi connectivity index (χ2n) is 5.14. The van der Waals surface area contributed by atoms with E-state index in [2.05, 4.69) is 10.6 Å². The number of carbonyl (C=O) groups is 1. The van der Waals surface area contributed by atoms with Crippen molar-refractivity contribution in [1.82, 2.24) is 5.32 Å². The zero-order chi connectivity index (χ0) is 16.5. The van der Waals surface area contributed by atoms with Gasteiger partial charge < -0.3 is 20.5 Å². The van der Waals surface area contributed by atoms with Crippen LogP contribution in [0, 0.1) is 0 Å². The van der Waals surface area contributed by atoms with E-state index in [1.54, 1.807) is 13.2 Å². The highest BCUT2D eigenvalue weighted by Crippen LogP contribution is 2.17. The lowest BCUT2D eigenvalue weighted by Gasteiger charge is -2.18. The lowest BCUT2D eigenvalue weighted by molar-refractivity contribution is -0.115. The number of carbonyl (C=O) groups excluding carboxylic acids is 1. The highest BCUT2D eigenvalue weighted by molar-refractivity contribution is 5.92. The first-order chi connectivity index (χ1) is 11.2. The number of anilines is 1. The number of amides is 1. The first-order valence-electron chi connectivity index (χ1n) is 7.56. The minimum atomic E-state index is -0.142. The van der Waals surface area contributed by atoms with Gasteiger partial charge >= 0.3 is 0 Å². The van der Waals surface area contributed by atoms with Crippen molar-refractivity contribution in [2.24, 2.45) is 0 Å². The molecule has 2 aromatic carbocycles. The van der Waals surface area contributed by atoms with Crippen molar-refractivity contribution in [2.45, 2.75) is 12.5 Å². The van der Waals surface area contributed by atoms with Crippen LogP contribution in [0.3, 0.4) is 0 Å². The van der Waals surface area contributed by atoms with Gasteiger partial charge in [-0.2, -0.15) is 0 Å². The summed E-state index contributed by atoms with van der Waals surface area (Å²) in [5, 5.41) is 15.2. The van der Waals surface area contributed by atoms with E-state index in [-0.39, 0.29) is 25.1 Å². The van der Waals surface area contributed by atoms with Gasteiger partial charge in [-0.3, -0.25) is 4.79 Å². The van der Waals surface area contributed by atoms with Crippen molar-refractivity contribution in [1.29, 1.82) is 0 Å². The molecule has 5 nitrogen and oxygen atoms in total. The molecule has 0 aliphatic carbocycles. The third kappa shape index (κ3) is 5.39. The molecule has 5 heteroatoms. The van der Waals surface area contributed by atoms with Crippen LogP contribution in [0.25, 0.3) is 0 Å². The SMILES string of the molecule is COc1cccc(NC(=O)CNC(CCO)c2ccccc2)c1. The summed E-state index contributed by atoms with van der Waals surface area (Å²) in [7, 11) is 1.59. The molecule has 2 aromatic rings. The number of aliphatic hydroxyl groups excluding tert-OH is 1. The summed E-state index contributed by atoms with van der Waals surface area (Å²) in [5.74, 6) is 0.551. The molecule has 1 amide bonds. The molecular formula is C18H22N2O3. The molecule has 122 valence electrons. The molecule has 3 N–H and O–H groups in total. The van der Waals surface area contributed by atoms with E-state index in [1.807, 2.05) is 48.5 Å². The maximum absolute atomic E-state index is 12.1. The molecule has 0 bridgehead atoms. The van der Waals surface area contributed by atoms with Gasteiger partial charge in [0.05, 0.1) is 13.7 Å². The number of ether oxygens (including phenoxy) is 1. The summed E-state index contributed by atoms with van der Waals surface area (Å²) in [5.41, 5.74) is 1.74. The van der Waals surface area contributed by atoms with Gasteiger partial charge in [-0.25, -0.2) is 0 Å².